The number of thioether (sulfide) groups is 1. The molecule has 0 aromatic heterocycles. The molecule has 1 aliphatic heterocycles. The Balaban J connectivity index is 1.55. The van der Waals surface area contributed by atoms with Gasteiger partial charge in [0.15, 0.2) is 0 Å². The van der Waals surface area contributed by atoms with Crippen LogP contribution in [-0.4, -0.2) is 39.6 Å². The highest BCUT2D eigenvalue weighted by Crippen LogP contribution is 2.27. The summed E-state index contributed by atoms with van der Waals surface area (Å²) < 4.78 is 0. The molecule has 3 amide bonds. The molecule has 0 spiro atoms. The van der Waals surface area contributed by atoms with Gasteiger partial charge in [-0.2, -0.15) is 0 Å². The van der Waals surface area contributed by atoms with Crippen LogP contribution in [0.15, 0.2) is 53.4 Å². The van der Waals surface area contributed by atoms with E-state index >= 15 is 0 Å². The predicted molar refractivity (Wildman–Crippen MR) is 99.6 cm³/mol. The van der Waals surface area contributed by atoms with Crippen LogP contribution in [0.25, 0.3) is 0 Å². The molecule has 0 bridgehead atoms. The number of nitrogens with zero attached hydrogens (tertiary/aromatic N) is 1. The van der Waals surface area contributed by atoms with E-state index in [2.05, 4.69) is 5.32 Å². The first-order valence-corrected chi connectivity index (χ1v) is 9.14. The SMILES string of the molecule is O=C(O)CCC(=O)Nc1ccc(SCN2C(=O)c3ccccc3C2=O)cc1. The van der Waals surface area contributed by atoms with Crippen molar-refractivity contribution in [2.45, 2.75) is 17.7 Å². The number of hydrogen-bond donors (Lipinski definition) is 2. The number of fused-ring (bicyclic) bond motifs is 1. The summed E-state index contributed by atoms with van der Waals surface area (Å²) in [4.78, 5) is 48.8. The fourth-order valence-electron chi connectivity index (χ4n) is 2.57. The van der Waals surface area contributed by atoms with Gasteiger partial charge in [0.2, 0.25) is 5.91 Å². The Kier molecular flexibility index (Phi) is 5.56. The Morgan fingerprint density at radius 1 is 0.926 bits per heavy atom. The van der Waals surface area contributed by atoms with E-state index in [1.807, 2.05) is 0 Å². The number of anilines is 1. The van der Waals surface area contributed by atoms with E-state index in [-0.39, 0.29) is 36.4 Å². The van der Waals surface area contributed by atoms with E-state index in [4.69, 9.17) is 5.11 Å². The third-order valence-electron chi connectivity index (χ3n) is 3.94. The number of carbonyl (C=O) groups is 4. The Labute approximate surface area is 159 Å². The highest BCUT2D eigenvalue weighted by molar-refractivity contribution is 7.99. The Hall–Kier alpha value is -3.13. The standard InChI is InChI=1S/C19H16N2O5S/c22-16(9-10-17(23)24)20-12-5-7-13(8-6-12)27-11-21-18(25)14-3-1-2-4-15(14)19(21)26/h1-8H,9-11H2,(H,20,22)(H,23,24). The summed E-state index contributed by atoms with van der Waals surface area (Å²) >= 11 is 1.33. The zero-order valence-electron chi connectivity index (χ0n) is 14.2. The highest BCUT2D eigenvalue weighted by Gasteiger charge is 2.34. The third kappa shape index (κ3) is 4.35. The molecule has 3 rings (SSSR count). The quantitative estimate of drug-likeness (QED) is 0.562. The highest BCUT2D eigenvalue weighted by atomic mass is 32.2. The maximum absolute atomic E-state index is 12.3. The van der Waals surface area contributed by atoms with Crippen molar-refractivity contribution in [2.24, 2.45) is 0 Å². The van der Waals surface area contributed by atoms with Gasteiger partial charge in [-0.3, -0.25) is 24.1 Å². The Morgan fingerprint density at radius 2 is 1.52 bits per heavy atom. The number of nitrogens with one attached hydrogen (secondary N) is 1. The first kappa shape index (κ1) is 18.7. The average Bonchev–Trinajstić information content (AvgIpc) is 2.90. The number of carbonyl (C=O) groups excluding carboxylic acids is 3. The van der Waals surface area contributed by atoms with Crippen LogP contribution in [0.1, 0.15) is 33.6 Å². The van der Waals surface area contributed by atoms with Crippen LogP contribution in [0.2, 0.25) is 0 Å². The maximum Gasteiger partial charge on any atom is 0.303 e. The minimum absolute atomic E-state index is 0.0917. The van der Waals surface area contributed by atoms with Gasteiger partial charge in [0, 0.05) is 17.0 Å². The molecule has 0 radical (unpaired) electrons. The molecule has 27 heavy (non-hydrogen) atoms. The minimum atomic E-state index is -1.02. The van der Waals surface area contributed by atoms with E-state index in [1.54, 1.807) is 48.5 Å². The molecular formula is C19H16N2O5S. The van der Waals surface area contributed by atoms with Gasteiger partial charge >= 0.3 is 5.97 Å². The van der Waals surface area contributed by atoms with Gasteiger partial charge in [0.1, 0.15) is 0 Å². The van der Waals surface area contributed by atoms with Gasteiger partial charge in [-0.05, 0) is 36.4 Å². The van der Waals surface area contributed by atoms with E-state index in [1.165, 1.54) is 16.7 Å². The van der Waals surface area contributed by atoms with Crippen molar-refractivity contribution in [3.63, 3.8) is 0 Å². The summed E-state index contributed by atoms with van der Waals surface area (Å²) in [5.41, 5.74) is 1.39. The molecule has 2 aromatic carbocycles. The van der Waals surface area contributed by atoms with Gasteiger partial charge < -0.3 is 10.4 Å². The fraction of sp³-hybridized carbons (Fsp3) is 0.158. The van der Waals surface area contributed by atoms with E-state index in [9.17, 15) is 19.2 Å². The minimum Gasteiger partial charge on any atom is -0.481 e. The van der Waals surface area contributed by atoms with Crippen molar-refractivity contribution in [3.8, 4) is 0 Å². The molecular weight excluding hydrogens is 368 g/mol. The summed E-state index contributed by atoms with van der Waals surface area (Å²) in [5, 5.41) is 11.2. The molecule has 0 saturated carbocycles. The molecule has 0 aliphatic carbocycles. The zero-order chi connectivity index (χ0) is 19.4. The van der Waals surface area contributed by atoms with Gasteiger partial charge in [0.05, 0.1) is 23.4 Å². The van der Waals surface area contributed by atoms with Crippen molar-refractivity contribution in [1.29, 1.82) is 0 Å². The number of hydrogen-bond acceptors (Lipinski definition) is 5. The number of carboxylic acids is 1. The van der Waals surface area contributed by atoms with Crippen LogP contribution in [0, 0.1) is 0 Å². The Morgan fingerprint density at radius 3 is 2.07 bits per heavy atom. The number of rotatable bonds is 7. The third-order valence-corrected chi connectivity index (χ3v) is 4.94. The predicted octanol–water partition coefficient (Wildman–Crippen LogP) is 2.84. The lowest BCUT2D eigenvalue weighted by molar-refractivity contribution is -0.138. The van der Waals surface area contributed by atoms with E-state index < -0.39 is 5.97 Å². The fourth-order valence-corrected chi connectivity index (χ4v) is 3.42. The van der Waals surface area contributed by atoms with Crippen LogP contribution in [-0.2, 0) is 9.59 Å². The lowest BCUT2D eigenvalue weighted by Crippen LogP contribution is -2.29. The largest absolute Gasteiger partial charge is 0.481 e. The second-order valence-corrected chi connectivity index (χ2v) is 6.84. The van der Waals surface area contributed by atoms with Gasteiger partial charge in [-0.1, -0.05) is 12.1 Å². The number of amides is 3. The van der Waals surface area contributed by atoms with Crippen molar-refractivity contribution < 1.29 is 24.3 Å². The van der Waals surface area contributed by atoms with Crippen molar-refractivity contribution in [1.82, 2.24) is 4.90 Å². The van der Waals surface area contributed by atoms with Gasteiger partial charge in [-0.25, -0.2) is 0 Å². The Bertz CT molecular complexity index is 876. The van der Waals surface area contributed by atoms with Crippen LogP contribution >= 0.6 is 11.8 Å². The van der Waals surface area contributed by atoms with Crippen LogP contribution in [0.4, 0.5) is 5.69 Å². The summed E-state index contributed by atoms with van der Waals surface area (Å²) in [6, 6.07) is 13.6. The molecule has 0 atom stereocenters. The van der Waals surface area contributed by atoms with Gasteiger partial charge in [-0.15, -0.1) is 11.8 Å². The molecule has 2 aromatic rings. The van der Waals surface area contributed by atoms with Crippen LogP contribution in [0.5, 0.6) is 0 Å². The van der Waals surface area contributed by atoms with Crippen molar-refractivity contribution in [2.75, 3.05) is 11.2 Å². The topological polar surface area (TPSA) is 104 Å². The molecule has 7 nitrogen and oxygen atoms in total. The molecule has 1 aliphatic rings. The number of carboxylic acid groups (broad SMARTS) is 1. The van der Waals surface area contributed by atoms with E-state index in [0.717, 1.165) is 4.90 Å². The van der Waals surface area contributed by atoms with Crippen molar-refractivity contribution in [3.05, 3.63) is 59.7 Å². The molecule has 0 saturated heterocycles. The zero-order valence-corrected chi connectivity index (χ0v) is 15.0. The smallest absolute Gasteiger partial charge is 0.303 e. The first-order chi connectivity index (χ1) is 13.0. The molecule has 2 N–H and O–H groups in total. The molecule has 1 heterocycles. The van der Waals surface area contributed by atoms with Crippen LogP contribution < -0.4 is 5.32 Å². The number of imide groups is 1. The second-order valence-electron chi connectivity index (χ2n) is 5.82. The monoisotopic (exact) mass is 384 g/mol. The lowest BCUT2D eigenvalue weighted by atomic mass is 10.1. The molecule has 0 unspecified atom stereocenters. The summed E-state index contributed by atoms with van der Waals surface area (Å²) in [6.07, 6.45) is -0.314. The number of aliphatic carboxylic acids is 1. The van der Waals surface area contributed by atoms with Crippen molar-refractivity contribution >= 4 is 41.1 Å². The summed E-state index contributed by atoms with van der Waals surface area (Å²) in [5.74, 6) is -1.80. The summed E-state index contributed by atoms with van der Waals surface area (Å²) in [6.45, 7) is 0. The molecule has 138 valence electrons. The molecule has 8 heteroatoms. The number of benzene rings is 2. The second kappa shape index (κ2) is 8.05. The van der Waals surface area contributed by atoms with E-state index in [0.29, 0.717) is 16.8 Å². The maximum atomic E-state index is 12.3. The first-order valence-electron chi connectivity index (χ1n) is 8.15. The lowest BCUT2D eigenvalue weighted by Gasteiger charge is -2.13. The summed E-state index contributed by atoms with van der Waals surface area (Å²) in [7, 11) is 0. The normalized spacial score (nSPS) is 12.8. The average molecular weight is 384 g/mol. The van der Waals surface area contributed by atoms with Crippen LogP contribution in [0.3, 0.4) is 0 Å². The molecule has 0 fully saturated rings. The van der Waals surface area contributed by atoms with Gasteiger partial charge in [0.25, 0.3) is 11.8 Å².